The summed E-state index contributed by atoms with van der Waals surface area (Å²) in [6, 6.07) is 12.5. The number of ketones is 1. The molecule has 0 aliphatic carbocycles. The molecule has 0 unspecified atom stereocenters. The van der Waals surface area contributed by atoms with Crippen LogP contribution in [0.4, 0.5) is 0 Å². The van der Waals surface area contributed by atoms with Crippen LogP contribution >= 0.6 is 11.8 Å². The van der Waals surface area contributed by atoms with Gasteiger partial charge in [-0.05, 0) is 54.5 Å². The number of carbonyl (C=O) groups is 1. The normalized spacial score (nSPS) is 11.7. The molecule has 0 fully saturated rings. The third-order valence-electron chi connectivity index (χ3n) is 5.32. The summed E-state index contributed by atoms with van der Waals surface area (Å²) in [4.78, 5) is 12.7. The SMILES string of the molecule is Cc1cc(C)c(C(=O)CSc2nnc(-c3ccc(C(C)(C)C)cc3)n2C)cc1C. The molecule has 152 valence electrons. The number of thioether (sulfide) groups is 1. The zero-order valence-corrected chi connectivity index (χ0v) is 19.1. The molecule has 0 aliphatic rings. The van der Waals surface area contributed by atoms with Gasteiger partial charge in [-0.25, -0.2) is 0 Å². The molecule has 0 atom stereocenters. The Morgan fingerprint density at radius 1 is 0.966 bits per heavy atom. The van der Waals surface area contributed by atoms with Crippen LogP contribution in [-0.4, -0.2) is 26.3 Å². The summed E-state index contributed by atoms with van der Waals surface area (Å²) in [5.41, 5.74) is 6.60. The smallest absolute Gasteiger partial charge is 0.191 e. The van der Waals surface area contributed by atoms with E-state index in [1.54, 1.807) is 0 Å². The van der Waals surface area contributed by atoms with Crippen LogP contribution in [0, 0.1) is 20.8 Å². The number of hydrogen-bond donors (Lipinski definition) is 0. The monoisotopic (exact) mass is 407 g/mol. The molecule has 5 heteroatoms. The summed E-state index contributed by atoms with van der Waals surface area (Å²) in [6.07, 6.45) is 0. The van der Waals surface area contributed by atoms with E-state index in [-0.39, 0.29) is 11.2 Å². The maximum absolute atomic E-state index is 12.7. The van der Waals surface area contributed by atoms with Gasteiger partial charge >= 0.3 is 0 Å². The average Bonchev–Trinajstić information content (AvgIpc) is 3.02. The van der Waals surface area contributed by atoms with Crippen molar-refractivity contribution in [2.75, 3.05) is 5.75 Å². The van der Waals surface area contributed by atoms with Crippen LogP contribution in [0.15, 0.2) is 41.6 Å². The number of benzene rings is 2. The zero-order chi connectivity index (χ0) is 21.3. The van der Waals surface area contributed by atoms with E-state index in [9.17, 15) is 4.79 Å². The van der Waals surface area contributed by atoms with Crippen molar-refractivity contribution in [1.29, 1.82) is 0 Å². The van der Waals surface area contributed by atoms with Crippen LogP contribution in [0.3, 0.4) is 0 Å². The molecule has 0 saturated carbocycles. The van der Waals surface area contributed by atoms with Gasteiger partial charge in [-0.3, -0.25) is 4.79 Å². The van der Waals surface area contributed by atoms with Gasteiger partial charge < -0.3 is 4.57 Å². The van der Waals surface area contributed by atoms with Crippen LogP contribution < -0.4 is 0 Å². The topological polar surface area (TPSA) is 47.8 Å². The van der Waals surface area contributed by atoms with Gasteiger partial charge in [0.25, 0.3) is 0 Å². The summed E-state index contributed by atoms with van der Waals surface area (Å²) in [6.45, 7) is 12.7. The average molecular weight is 408 g/mol. The first-order valence-corrected chi connectivity index (χ1v) is 10.8. The van der Waals surface area contributed by atoms with Crippen LogP contribution in [0.5, 0.6) is 0 Å². The Labute approximate surface area is 177 Å². The van der Waals surface area contributed by atoms with Crippen LogP contribution in [-0.2, 0) is 12.5 Å². The van der Waals surface area contributed by atoms with Gasteiger partial charge in [0.2, 0.25) is 0 Å². The molecule has 0 spiro atoms. The molecule has 0 radical (unpaired) electrons. The molecule has 4 nitrogen and oxygen atoms in total. The summed E-state index contributed by atoms with van der Waals surface area (Å²) < 4.78 is 1.96. The van der Waals surface area contributed by atoms with E-state index in [0.717, 1.165) is 33.2 Å². The van der Waals surface area contributed by atoms with Gasteiger partial charge in [0.05, 0.1) is 5.75 Å². The van der Waals surface area contributed by atoms with Crippen molar-refractivity contribution >= 4 is 17.5 Å². The highest BCUT2D eigenvalue weighted by atomic mass is 32.2. The van der Waals surface area contributed by atoms with Crippen molar-refractivity contribution in [3.05, 3.63) is 64.2 Å². The van der Waals surface area contributed by atoms with Gasteiger partial charge in [-0.1, -0.05) is 62.9 Å². The molecule has 2 aromatic carbocycles. The predicted molar refractivity (Wildman–Crippen MR) is 121 cm³/mol. The van der Waals surface area contributed by atoms with E-state index >= 15 is 0 Å². The lowest BCUT2D eigenvalue weighted by molar-refractivity contribution is 0.102. The summed E-state index contributed by atoms with van der Waals surface area (Å²) in [5.74, 6) is 1.27. The van der Waals surface area contributed by atoms with Crippen molar-refractivity contribution in [2.24, 2.45) is 7.05 Å². The molecular formula is C24H29N3OS. The van der Waals surface area contributed by atoms with Crippen molar-refractivity contribution in [1.82, 2.24) is 14.8 Å². The quantitative estimate of drug-likeness (QED) is 0.403. The first-order valence-electron chi connectivity index (χ1n) is 9.82. The van der Waals surface area contributed by atoms with Crippen LogP contribution in [0.2, 0.25) is 0 Å². The predicted octanol–water partition coefficient (Wildman–Crippen LogP) is 5.68. The molecule has 1 aromatic heterocycles. The number of hydrogen-bond acceptors (Lipinski definition) is 4. The number of carbonyl (C=O) groups excluding carboxylic acids is 1. The minimum atomic E-state index is 0.117. The highest BCUT2D eigenvalue weighted by molar-refractivity contribution is 7.99. The maximum atomic E-state index is 12.7. The molecule has 3 aromatic rings. The highest BCUT2D eigenvalue weighted by Crippen LogP contribution is 2.27. The van der Waals surface area contributed by atoms with Crippen molar-refractivity contribution in [3.8, 4) is 11.4 Å². The van der Waals surface area contributed by atoms with E-state index in [4.69, 9.17) is 0 Å². The first-order chi connectivity index (χ1) is 13.6. The minimum Gasteiger partial charge on any atom is -0.305 e. The van der Waals surface area contributed by atoms with E-state index in [1.165, 1.54) is 22.9 Å². The van der Waals surface area contributed by atoms with E-state index in [2.05, 4.69) is 68.2 Å². The Hall–Kier alpha value is -2.40. The Kier molecular flexibility index (Phi) is 5.99. The second-order valence-corrected chi connectivity index (χ2v) is 9.60. The molecule has 0 bridgehead atoms. The lowest BCUT2D eigenvalue weighted by Crippen LogP contribution is -2.10. The number of rotatable bonds is 5. The van der Waals surface area contributed by atoms with Gasteiger partial charge in [-0.15, -0.1) is 10.2 Å². The van der Waals surface area contributed by atoms with Crippen molar-refractivity contribution < 1.29 is 4.79 Å². The maximum Gasteiger partial charge on any atom is 0.191 e. The Morgan fingerprint density at radius 3 is 2.21 bits per heavy atom. The molecule has 0 aliphatic heterocycles. The molecular weight excluding hydrogens is 378 g/mol. The molecule has 3 rings (SSSR count). The van der Waals surface area contributed by atoms with Crippen molar-refractivity contribution in [2.45, 2.75) is 52.1 Å². The summed E-state index contributed by atoms with van der Waals surface area (Å²) in [7, 11) is 1.95. The number of aryl methyl sites for hydroxylation is 3. The Morgan fingerprint density at radius 2 is 1.59 bits per heavy atom. The van der Waals surface area contributed by atoms with Gasteiger partial charge in [0.15, 0.2) is 16.8 Å². The summed E-state index contributed by atoms with van der Waals surface area (Å²) >= 11 is 1.43. The van der Waals surface area contributed by atoms with Gasteiger partial charge in [-0.2, -0.15) is 0 Å². The molecule has 0 amide bonds. The van der Waals surface area contributed by atoms with Gasteiger partial charge in [0, 0.05) is 18.2 Å². The third-order valence-corrected chi connectivity index (χ3v) is 6.34. The molecule has 29 heavy (non-hydrogen) atoms. The third kappa shape index (κ3) is 4.61. The Balaban J connectivity index is 1.75. The fraction of sp³-hybridized carbons (Fsp3) is 0.375. The van der Waals surface area contributed by atoms with Crippen molar-refractivity contribution in [3.63, 3.8) is 0 Å². The van der Waals surface area contributed by atoms with Crippen LogP contribution in [0.1, 0.15) is 53.4 Å². The fourth-order valence-corrected chi connectivity index (χ4v) is 4.07. The largest absolute Gasteiger partial charge is 0.305 e. The Bertz CT molecular complexity index is 1040. The highest BCUT2D eigenvalue weighted by Gasteiger charge is 2.17. The second kappa shape index (κ2) is 8.15. The lowest BCUT2D eigenvalue weighted by Gasteiger charge is -2.19. The molecule has 1 heterocycles. The van der Waals surface area contributed by atoms with E-state index < -0.39 is 0 Å². The zero-order valence-electron chi connectivity index (χ0n) is 18.3. The number of aromatic nitrogens is 3. The standard InChI is InChI=1S/C24H29N3OS/c1-15-12-17(3)20(13-16(15)2)21(28)14-29-23-26-25-22(27(23)7)18-8-10-19(11-9-18)24(4,5)6/h8-13H,14H2,1-7H3. The fourth-order valence-electron chi connectivity index (χ4n) is 3.28. The molecule has 0 N–H and O–H groups in total. The lowest BCUT2D eigenvalue weighted by atomic mass is 9.87. The van der Waals surface area contributed by atoms with E-state index in [1.807, 2.05) is 31.5 Å². The van der Waals surface area contributed by atoms with Gasteiger partial charge in [0.1, 0.15) is 0 Å². The molecule has 0 saturated heterocycles. The first kappa shape index (κ1) is 21.3. The number of nitrogens with zero attached hydrogens (tertiary/aromatic N) is 3. The summed E-state index contributed by atoms with van der Waals surface area (Å²) in [5, 5.41) is 9.40. The van der Waals surface area contributed by atoms with Crippen LogP contribution in [0.25, 0.3) is 11.4 Å². The number of Topliss-reactive ketones (excluding diaryl/α,β-unsaturated/α-hetero) is 1. The minimum absolute atomic E-state index is 0.117. The van der Waals surface area contributed by atoms with E-state index in [0.29, 0.717) is 5.75 Å². The second-order valence-electron chi connectivity index (χ2n) is 8.66.